The molecular weight excluding hydrogens is 223 g/mol. The zero-order chi connectivity index (χ0) is 11.7. The van der Waals surface area contributed by atoms with Gasteiger partial charge in [-0.2, -0.15) is 0 Å². The van der Waals surface area contributed by atoms with Crippen LogP contribution in [-0.2, 0) is 4.79 Å². The van der Waals surface area contributed by atoms with Gasteiger partial charge < -0.3 is 9.90 Å². The van der Waals surface area contributed by atoms with E-state index in [0.29, 0.717) is 19.2 Å². The van der Waals surface area contributed by atoms with E-state index in [2.05, 4.69) is 0 Å². The van der Waals surface area contributed by atoms with E-state index in [9.17, 15) is 18.7 Å². The number of carbonyl (C=O) groups excluding carboxylic acids is 1. The fourth-order valence-corrected chi connectivity index (χ4v) is 1.79. The van der Waals surface area contributed by atoms with Crippen molar-refractivity contribution in [2.75, 3.05) is 13.1 Å². The second-order valence-electron chi connectivity index (χ2n) is 3.78. The van der Waals surface area contributed by atoms with Gasteiger partial charge >= 0.3 is 18.9 Å². The number of hydrogen-bond acceptors (Lipinski definition) is 3. The number of rotatable bonds is 3. The quantitative estimate of drug-likeness (QED) is 0.540. The van der Waals surface area contributed by atoms with Gasteiger partial charge in [0, 0.05) is 24.7 Å². The Hall–Kier alpha value is -0.893. The number of halogens is 2. The number of nitrogens with zero attached hydrogens (tertiary/aromatic N) is 1. The molecule has 1 atom stereocenters. The molecule has 1 aromatic rings. The predicted molar refractivity (Wildman–Crippen MR) is 50.3 cm³/mol. The minimum Gasteiger partial charge on any atom is -0.548 e. The van der Waals surface area contributed by atoms with Crippen LogP contribution >= 0.6 is 0 Å². The molecule has 2 rings (SSSR count). The van der Waals surface area contributed by atoms with Crippen LogP contribution in [0, 0.1) is 11.6 Å². The Morgan fingerprint density at radius 1 is 1.35 bits per heavy atom. The smallest absolute Gasteiger partial charge is 0.548 e. The molecular formula is C11H10F2LiNO2. The maximum Gasteiger partial charge on any atom is 1.00 e. The minimum atomic E-state index is -1.36. The summed E-state index contributed by atoms with van der Waals surface area (Å²) in [5.41, 5.74) is -0.0406. The van der Waals surface area contributed by atoms with Crippen LogP contribution < -0.4 is 24.0 Å². The molecule has 0 saturated carbocycles. The SMILES string of the molecule is O=C([O-])C(c1ccc(F)cc1F)N1CCC1.[Li+]. The monoisotopic (exact) mass is 233 g/mol. The summed E-state index contributed by atoms with van der Waals surface area (Å²) < 4.78 is 26.1. The van der Waals surface area contributed by atoms with E-state index in [1.807, 2.05) is 0 Å². The van der Waals surface area contributed by atoms with E-state index in [4.69, 9.17) is 0 Å². The molecule has 17 heavy (non-hydrogen) atoms. The minimum absolute atomic E-state index is 0. The van der Waals surface area contributed by atoms with Crippen molar-refractivity contribution in [3.8, 4) is 0 Å². The Morgan fingerprint density at radius 3 is 2.41 bits per heavy atom. The summed E-state index contributed by atoms with van der Waals surface area (Å²) in [7, 11) is 0. The third-order valence-electron chi connectivity index (χ3n) is 2.74. The maximum absolute atomic E-state index is 13.4. The zero-order valence-electron chi connectivity index (χ0n) is 9.45. The Labute approximate surface area is 110 Å². The molecule has 1 heterocycles. The number of hydrogen-bond donors (Lipinski definition) is 0. The largest absolute Gasteiger partial charge is 1.00 e. The van der Waals surface area contributed by atoms with Crippen LogP contribution in [0.2, 0.25) is 0 Å². The molecule has 1 unspecified atom stereocenters. The molecule has 86 valence electrons. The average molecular weight is 233 g/mol. The van der Waals surface area contributed by atoms with E-state index in [1.54, 1.807) is 4.90 Å². The van der Waals surface area contributed by atoms with Crippen LogP contribution in [0.15, 0.2) is 18.2 Å². The van der Waals surface area contributed by atoms with Crippen molar-refractivity contribution in [3.63, 3.8) is 0 Å². The molecule has 0 aliphatic carbocycles. The molecule has 1 fully saturated rings. The molecule has 0 aromatic heterocycles. The molecule has 0 N–H and O–H groups in total. The molecule has 1 saturated heterocycles. The fourth-order valence-electron chi connectivity index (χ4n) is 1.79. The van der Waals surface area contributed by atoms with E-state index < -0.39 is 23.6 Å². The number of carboxylic acid groups (broad SMARTS) is 1. The van der Waals surface area contributed by atoms with Crippen molar-refractivity contribution in [1.29, 1.82) is 0 Å². The Balaban J connectivity index is 0.00000144. The van der Waals surface area contributed by atoms with Gasteiger partial charge in [0.25, 0.3) is 0 Å². The van der Waals surface area contributed by atoms with Crippen molar-refractivity contribution in [2.24, 2.45) is 0 Å². The van der Waals surface area contributed by atoms with Gasteiger partial charge in [-0.15, -0.1) is 0 Å². The molecule has 1 aliphatic rings. The Bertz CT molecular complexity index is 424. The predicted octanol–water partition coefficient (Wildman–Crippen LogP) is -2.53. The van der Waals surface area contributed by atoms with Gasteiger partial charge in [-0.05, 0) is 12.5 Å². The van der Waals surface area contributed by atoms with Gasteiger partial charge in [-0.25, -0.2) is 8.78 Å². The molecule has 3 nitrogen and oxygen atoms in total. The van der Waals surface area contributed by atoms with Crippen LogP contribution in [-0.4, -0.2) is 24.0 Å². The van der Waals surface area contributed by atoms with Gasteiger partial charge in [-0.1, -0.05) is 6.07 Å². The van der Waals surface area contributed by atoms with Gasteiger partial charge in [0.2, 0.25) is 0 Å². The summed E-state index contributed by atoms with van der Waals surface area (Å²) in [5.74, 6) is -2.92. The van der Waals surface area contributed by atoms with Gasteiger partial charge in [-0.3, -0.25) is 4.90 Å². The molecule has 0 radical (unpaired) electrons. The van der Waals surface area contributed by atoms with Crippen molar-refractivity contribution in [1.82, 2.24) is 4.90 Å². The number of aliphatic carboxylic acids is 1. The molecule has 0 amide bonds. The molecule has 0 bridgehead atoms. The Kier molecular flexibility index (Phi) is 4.69. The standard InChI is InChI=1S/C11H11F2NO2.Li/c12-7-2-3-8(9(13)6-7)10(11(15)16)14-4-1-5-14;/h2-3,6,10H,1,4-5H2,(H,15,16);/q;+1/p-1. The molecule has 0 spiro atoms. The van der Waals surface area contributed by atoms with E-state index in [1.165, 1.54) is 0 Å². The summed E-state index contributed by atoms with van der Waals surface area (Å²) in [6.07, 6.45) is 0.882. The summed E-state index contributed by atoms with van der Waals surface area (Å²) in [5, 5.41) is 11.0. The fraction of sp³-hybridized carbons (Fsp3) is 0.364. The second-order valence-corrected chi connectivity index (χ2v) is 3.78. The summed E-state index contributed by atoms with van der Waals surface area (Å²) >= 11 is 0. The topological polar surface area (TPSA) is 43.4 Å². The van der Waals surface area contributed by atoms with Crippen LogP contribution in [0.1, 0.15) is 18.0 Å². The van der Waals surface area contributed by atoms with E-state index in [0.717, 1.165) is 18.6 Å². The second kappa shape index (κ2) is 5.63. The van der Waals surface area contributed by atoms with Crippen molar-refractivity contribution in [3.05, 3.63) is 35.4 Å². The first-order valence-corrected chi connectivity index (χ1v) is 4.99. The number of benzene rings is 1. The maximum atomic E-state index is 13.4. The third kappa shape index (κ3) is 2.86. The first kappa shape index (κ1) is 14.2. The summed E-state index contributed by atoms with van der Waals surface area (Å²) in [4.78, 5) is 12.5. The number of carboxylic acids is 1. The van der Waals surface area contributed by atoms with Crippen LogP contribution in [0.4, 0.5) is 8.78 Å². The molecule has 1 aromatic carbocycles. The molecule has 6 heteroatoms. The number of likely N-dealkylation sites (tertiary alicyclic amines) is 1. The van der Waals surface area contributed by atoms with Gasteiger partial charge in [0.05, 0.1) is 12.0 Å². The normalized spacial score (nSPS) is 16.8. The van der Waals surface area contributed by atoms with Crippen LogP contribution in [0.3, 0.4) is 0 Å². The van der Waals surface area contributed by atoms with E-state index >= 15 is 0 Å². The van der Waals surface area contributed by atoms with Crippen molar-refractivity contribution < 1.29 is 37.5 Å². The summed E-state index contributed by atoms with van der Waals surface area (Å²) in [6.45, 7) is 1.19. The zero-order valence-corrected chi connectivity index (χ0v) is 9.45. The number of carbonyl (C=O) groups is 1. The van der Waals surface area contributed by atoms with Crippen molar-refractivity contribution in [2.45, 2.75) is 12.5 Å². The molecule has 1 aliphatic heterocycles. The van der Waals surface area contributed by atoms with Gasteiger partial charge in [0.1, 0.15) is 11.6 Å². The average Bonchev–Trinajstić information content (AvgIpc) is 2.11. The Morgan fingerprint density at radius 2 is 2.00 bits per heavy atom. The summed E-state index contributed by atoms with van der Waals surface area (Å²) in [6, 6.07) is 1.78. The van der Waals surface area contributed by atoms with Crippen molar-refractivity contribution >= 4 is 5.97 Å². The third-order valence-corrected chi connectivity index (χ3v) is 2.74. The van der Waals surface area contributed by atoms with Gasteiger partial charge in [0.15, 0.2) is 0 Å². The van der Waals surface area contributed by atoms with Crippen LogP contribution in [0.5, 0.6) is 0 Å². The first-order valence-electron chi connectivity index (χ1n) is 4.99. The van der Waals surface area contributed by atoms with E-state index in [-0.39, 0.29) is 24.4 Å². The first-order chi connectivity index (χ1) is 7.59. The van der Waals surface area contributed by atoms with Crippen LogP contribution in [0.25, 0.3) is 0 Å².